The Bertz CT molecular complexity index is 549. The summed E-state index contributed by atoms with van der Waals surface area (Å²) in [6, 6.07) is 14.2. The molecule has 0 aliphatic carbocycles. The van der Waals surface area contributed by atoms with Crippen LogP contribution in [0.2, 0.25) is 0 Å². The first kappa shape index (κ1) is 13.0. The predicted molar refractivity (Wildman–Crippen MR) is 76.6 cm³/mol. The molecule has 1 nitrogen and oxygen atoms in total. The molecule has 0 aromatic heterocycles. The number of aryl methyl sites for hydroxylation is 2. The van der Waals surface area contributed by atoms with Gasteiger partial charge in [-0.25, -0.2) is 0 Å². The lowest BCUT2D eigenvalue weighted by molar-refractivity contribution is 0.414. The molecule has 0 saturated heterocycles. The normalized spacial score (nSPS) is 12.2. The van der Waals surface area contributed by atoms with E-state index in [1.807, 2.05) is 24.3 Å². The number of methoxy groups -OCH3 is 1. The zero-order valence-electron chi connectivity index (χ0n) is 10.9. The molecule has 0 fully saturated rings. The second kappa shape index (κ2) is 5.45. The molecule has 0 amide bonds. The van der Waals surface area contributed by atoms with Crippen LogP contribution in [0.15, 0.2) is 42.5 Å². The van der Waals surface area contributed by atoms with E-state index in [-0.39, 0.29) is 5.38 Å². The Hall–Kier alpha value is -1.47. The topological polar surface area (TPSA) is 9.23 Å². The lowest BCUT2D eigenvalue weighted by Crippen LogP contribution is -1.95. The van der Waals surface area contributed by atoms with Gasteiger partial charge in [0, 0.05) is 0 Å². The number of ether oxygens (including phenoxy) is 1. The Balaban J connectivity index is 2.34. The van der Waals surface area contributed by atoms with E-state index >= 15 is 0 Å². The van der Waals surface area contributed by atoms with Crippen LogP contribution in [0.4, 0.5) is 0 Å². The average molecular weight is 261 g/mol. The van der Waals surface area contributed by atoms with Gasteiger partial charge in [-0.15, -0.1) is 11.6 Å². The van der Waals surface area contributed by atoms with Gasteiger partial charge in [-0.3, -0.25) is 0 Å². The lowest BCUT2D eigenvalue weighted by Gasteiger charge is -2.13. The van der Waals surface area contributed by atoms with Gasteiger partial charge in [-0.2, -0.15) is 0 Å². The number of halogens is 1. The summed E-state index contributed by atoms with van der Waals surface area (Å²) in [5.74, 6) is 0.835. The van der Waals surface area contributed by atoms with Gasteiger partial charge >= 0.3 is 0 Å². The van der Waals surface area contributed by atoms with Crippen molar-refractivity contribution in [2.75, 3.05) is 7.11 Å². The maximum Gasteiger partial charge on any atom is 0.119 e. The van der Waals surface area contributed by atoms with E-state index in [1.54, 1.807) is 7.11 Å². The molecule has 2 rings (SSSR count). The molecule has 2 heteroatoms. The van der Waals surface area contributed by atoms with Crippen molar-refractivity contribution in [1.29, 1.82) is 0 Å². The maximum absolute atomic E-state index is 6.53. The third-order valence-corrected chi connectivity index (χ3v) is 3.71. The summed E-state index contributed by atoms with van der Waals surface area (Å²) in [7, 11) is 1.67. The standard InChI is InChI=1S/C16H17ClO/c1-11-7-8-14(9-12(11)2)16(17)13-5-4-6-15(10-13)18-3/h4-10,16H,1-3H3. The second-order valence-corrected chi connectivity index (χ2v) is 4.92. The zero-order chi connectivity index (χ0) is 13.1. The molecule has 0 heterocycles. The van der Waals surface area contributed by atoms with E-state index in [0.717, 1.165) is 16.9 Å². The van der Waals surface area contributed by atoms with Crippen molar-refractivity contribution >= 4 is 11.6 Å². The molecule has 1 unspecified atom stereocenters. The molecule has 2 aromatic rings. The summed E-state index contributed by atoms with van der Waals surface area (Å²) in [5.41, 5.74) is 4.72. The average Bonchev–Trinajstić information content (AvgIpc) is 2.41. The number of benzene rings is 2. The molecule has 2 aromatic carbocycles. The highest BCUT2D eigenvalue weighted by atomic mass is 35.5. The van der Waals surface area contributed by atoms with Gasteiger partial charge in [-0.1, -0.05) is 30.3 Å². The summed E-state index contributed by atoms with van der Waals surface area (Å²) in [6.45, 7) is 4.21. The van der Waals surface area contributed by atoms with E-state index in [9.17, 15) is 0 Å². The fourth-order valence-electron chi connectivity index (χ4n) is 1.91. The minimum absolute atomic E-state index is 0.139. The molecule has 0 aliphatic rings. The third-order valence-electron chi connectivity index (χ3n) is 3.21. The molecule has 0 aliphatic heterocycles. The first-order valence-corrected chi connectivity index (χ1v) is 6.40. The van der Waals surface area contributed by atoms with Crippen molar-refractivity contribution in [2.24, 2.45) is 0 Å². The second-order valence-electron chi connectivity index (χ2n) is 4.48. The van der Waals surface area contributed by atoms with Gasteiger partial charge in [0.05, 0.1) is 12.5 Å². The molecule has 0 bridgehead atoms. The number of hydrogen-bond donors (Lipinski definition) is 0. The molecule has 0 spiro atoms. The van der Waals surface area contributed by atoms with Crippen molar-refractivity contribution in [3.8, 4) is 5.75 Å². The van der Waals surface area contributed by atoms with E-state index in [1.165, 1.54) is 11.1 Å². The number of alkyl halides is 1. The van der Waals surface area contributed by atoms with Crippen LogP contribution in [0.1, 0.15) is 27.6 Å². The van der Waals surface area contributed by atoms with Crippen LogP contribution in [-0.4, -0.2) is 7.11 Å². The monoisotopic (exact) mass is 260 g/mol. The van der Waals surface area contributed by atoms with E-state index in [2.05, 4.69) is 32.0 Å². The molecule has 0 saturated carbocycles. The lowest BCUT2D eigenvalue weighted by atomic mass is 10.00. The molecular formula is C16H17ClO. The summed E-state index contributed by atoms with van der Waals surface area (Å²) in [4.78, 5) is 0. The zero-order valence-corrected chi connectivity index (χ0v) is 11.7. The number of rotatable bonds is 3. The smallest absolute Gasteiger partial charge is 0.119 e. The molecule has 94 valence electrons. The van der Waals surface area contributed by atoms with Crippen LogP contribution >= 0.6 is 11.6 Å². The molecule has 1 atom stereocenters. The SMILES string of the molecule is COc1cccc(C(Cl)c2ccc(C)c(C)c2)c1. The quantitative estimate of drug-likeness (QED) is 0.731. The highest BCUT2D eigenvalue weighted by Crippen LogP contribution is 2.31. The summed E-state index contributed by atoms with van der Waals surface area (Å²) < 4.78 is 5.23. The van der Waals surface area contributed by atoms with Crippen LogP contribution in [0.5, 0.6) is 5.75 Å². The maximum atomic E-state index is 6.53. The molecular weight excluding hydrogens is 244 g/mol. The van der Waals surface area contributed by atoms with E-state index in [4.69, 9.17) is 16.3 Å². The molecule has 0 radical (unpaired) electrons. The van der Waals surface area contributed by atoms with Crippen molar-refractivity contribution in [1.82, 2.24) is 0 Å². The van der Waals surface area contributed by atoms with Gasteiger partial charge in [0.1, 0.15) is 5.75 Å². The summed E-state index contributed by atoms with van der Waals surface area (Å²) in [5, 5.41) is -0.139. The van der Waals surface area contributed by atoms with Gasteiger partial charge in [0.15, 0.2) is 0 Å². The molecule has 18 heavy (non-hydrogen) atoms. The Kier molecular flexibility index (Phi) is 3.93. The largest absolute Gasteiger partial charge is 0.497 e. The Morgan fingerprint density at radius 3 is 2.33 bits per heavy atom. The minimum Gasteiger partial charge on any atom is -0.497 e. The van der Waals surface area contributed by atoms with Crippen molar-refractivity contribution in [3.63, 3.8) is 0 Å². The Morgan fingerprint density at radius 1 is 0.944 bits per heavy atom. The highest BCUT2D eigenvalue weighted by molar-refractivity contribution is 6.22. The predicted octanol–water partition coefficient (Wildman–Crippen LogP) is 4.64. The molecule has 0 N–H and O–H groups in total. The van der Waals surface area contributed by atoms with Crippen LogP contribution in [0.3, 0.4) is 0 Å². The van der Waals surface area contributed by atoms with Gasteiger partial charge in [0.2, 0.25) is 0 Å². The van der Waals surface area contributed by atoms with Crippen LogP contribution in [0, 0.1) is 13.8 Å². The highest BCUT2D eigenvalue weighted by Gasteiger charge is 2.12. The Labute approximate surface area is 113 Å². The van der Waals surface area contributed by atoms with E-state index in [0.29, 0.717) is 0 Å². The first-order chi connectivity index (χ1) is 8.61. The minimum atomic E-state index is -0.139. The third kappa shape index (κ3) is 2.68. The first-order valence-electron chi connectivity index (χ1n) is 5.97. The van der Waals surface area contributed by atoms with Crippen LogP contribution in [0.25, 0.3) is 0 Å². The number of hydrogen-bond acceptors (Lipinski definition) is 1. The summed E-state index contributed by atoms with van der Waals surface area (Å²) >= 11 is 6.53. The van der Waals surface area contributed by atoms with Crippen LogP contribution in [-0.2, 0) is 0 Å². The van der Waals surface area contributed by atoms with Gasteiger partial charge in [-0.05, 0) is 48.2 Å². The van der Waals surface area contributed by atoms with Gasteiger partial charge in [0.25, 0.3) is 0 Å². The van der Waals surface area contributed by atoms with Crippen molar-refractivity contribution in [3.05, 3.63) is 64.7 Å². The fraction of sp³-hybridized carbons (Fsp3) is 0.250. The fourth-order valence-corrected chi connectivity index (χ4v) is 2.19. The van der Waals surface area contributed by atoms with Gasteiger partial charge < -0.3 is 4.74 Å². The van der Waals surface area contributed by atoms with E-state index < -0.39 is 0 Å². The summed E-state index contributed by atoms with van der Waals surface area (Å²) in [6.07, 6.45) is 0. The van der Waals surface area contributed by atoms with Crippen molar-refractivity contribution < 1.29 is 4.74 Å². The van der Waals surface area contributed by atoms with Crippen LogP contribution < -0.4 is 4.74 Å². The Morgan fingerprint density at radius 2 is 1.67 bits per heavy atom. The van der Waals surface area contributed by atoms with Crippen molar-refractivity contribution in [2.45, 2.75) is 19.2 Å².